The molecule has 1 nitrogen and oxygen atoms in total. The van der Waals surface area contributed by atoms with E-state index in [-0.39, 0.29) is 12.3 Å². The van der Waals surface area contributed by atoms with Crippen molar-refractivity contribution < 1.29 is 18.3 Å². The summed E-state index contributed by atoms with van der Waals surface area (Å²) in [7, 11) is 0. The van der Waals surface area contributed by atoms with Crippen LogP contribution in [-0.2, 0) is 0 Å². The summed E-state index contributed by atoms with van der Waals surface area (Å²) in [6, 6.07) is 0. The van der Waals surface area contributed by atoms with Crippen LogP contribution >= 0.6 is 0 Å². The summed E-state index contributed by atoms with van der Waals surface area (Å²) in [5.41, 5.74) is -2.35. The topological polar surface area (TPSA) is 20.2 Å². The van der Waals surface area contributed by atoms with Crippen molar-refractivity contribution in [3.63, 3.8) is 0 Å². The van der Waals surface area contributed by atoms with Crippen molar-refractivity contribution in [2.45, 2.75) is 37.5 Å². The maximum absolute atomic E-state index is 12.4. The molecule has 0 aromatic heterocycles. The Morgan fingerprint density at radius 2 is 1.92 bits per heavy atom. The largest absolute Gasteiger partial charge is 0.417 e. The molecular formula is C8H11F3O. The first-order valence-electron chi connectivity index (χ1n) is 4.22. The second-order valence-corrected chi connectivity index (χ2v) is 4.00. The first kappa shape index (κ1) is 8.35. The van der Waals surface area contributed by atoms with Gasteiger partial charge in [-0.2, -0.15) is 13.2 Å². The van der Waals surface area contributed by atoms with E-state index in [2.05, 4.69) is 0 Å². The molecule has 0 spiro atoms. The van der Waals surface area contributed by atoms with E-state index in [1.54, 1.807) is 0 Å². The van der Waals surface area contributed by atoms with Gasteiger partial charge in [0.2, 0.25) is 0 Å². The molecule has 2 fully saturated rings. The van der Waals surface area contributed by atoms with E-state index in [0.717, 1.165) is 6.42 Å². The van der Waals surface area contributed by atoms with Crippen LogP contribution in [0.25, 0.3) is 0 Å². The van der Waals surface area contributed by atoms with Gasteiger partial charge in [-0.05, 0) is 37.5 Å². The van der Waals surface area contributed by atoms with Crippen molar-refractivity contribution >= 4 is 0 Å². The molecule has 0 aliphatic heterocycles. The Labute approximate surface area is 68.6 Å². The number of hydrogen-bond donors (Lipinski definition) is 1. The van der Waals surface area contributed by atoms with Crippen LogP contribution < -0.4 is 0 Å². The Kier molecular flexibility index (Phi) is 1.50. The highest BCUT2D eigenvalue weighted by Crippen LogP contribution is 2.56. The fourth-order valence-electron chi connectivity index (χ4n) is 2.65. The third kappa shape index (κ3) is 0.903. The Hall–Kier alpha value is -0.250. The number of hydrogen-bond acceptors (Lipinski definition) is 1. The highest BCUT2D eigenvalue weighted by atomic mass is 19.4. The van der Waals surface area contributed by atoms with Crippen LogP contribution in [0, 0.1) is 11.8 Å². The SMILES string of the molecule is OC1(C(F)(F)F)C[C@H]2CCC1C2. The van der Waals surface area contributed by atoms with Crippen molar-refractivity contribution in [3.05, 3.63) is 0 Å². The lowest BCUT2D eigenvalue weighted by Gasteiger charge is -2.34. The fraction of sp³-hybridized carbons (Fsp3) is 1.00. The highest BCUT2D eigenvalue weighted by molar-refractivity contribution is 5.04. The second-order valence-electron chi connectivity index (χ2n) is 4.00. The average Bonchev–Trinajstić information content (AvgIpc) is 2.43. The lowest BCUT2D eigenvalue weighted by molar-refractivity contribution is -0.276. The van der Waals surface area contributed by atoms with Gasteiger partial charge >= 0.3 is 6.18 Å². The summed E-state index contributed by atoms with van der Waals surface area (Å²) in [5.74, 6) is -0.413. The van der Waals surface area contributed by atoms with Gasteiger partial charge in [0.15, 0.2) is 5.60 Å². The molecule has 2 aliphatic rings. The van der Waals surface area contributed by atoms with Crippen molar-refractivity contribution in [2.24, 2.45) is 11.8 Å². The summed E-state index contributed by atoms with van der Waals surface area (Å²) in [5, 5.41) is 9.39. The minimum Gasteiger partial charge on any atom is -0.380 e. The van der Waals surface area contributed by atoms with E-state index in [4.69, 9.17) is 0 Å². The van der Waals surface area contributed by atoms with Gasteiger partial charge in [0.05, 0.1) is 0 Å². The van der Waals surface area contributed by atoms with Crippen molar-refractivity contribution in [1.29, 1.82) is 0 Å². The van der Waals surface area contributed by atoms with E-state index in [1.165, 1.54) is 0 Å². The van der Waals surface area contributed by atoms with E-state index in [0.29, 0.717) is 12.8 Å². The molecule has 1 N–H and O–H groups in total. The monoisotopic (exact) mass is 180 g/mol. The number of alkyl halides is 3. The van der Waals surface area contributed by atoms with Crippen LogP contribution in [0.3, 0.4) is 0 Å². The molecule has 0 heterocycles. The molecule has 0 saturated heterocycles. The fourth-order valence-corrected chi connectivity index (χ4v) is 2.65. The molecule has 4 heteroatoms. The minimum absolute atomic E-state index is 0.0683. The van der Waals surface area contributed by atoms with Crippen LogP contribution in [0.15, 0.2) is 0 Å². The molecule has 2 bridgehead atoms. The first-order chi connectivity index (χ1) is 5.43. The summed E-state index contributed by atoms with van der Waals surface area (Å²) in [4.78, 5) is 0. The van der Waals surface area contributed by atoms with E-state index in [1.807, 2.05) is 0 Å². The Morgan fingerprint density at radius 3 is 2.17 bits per heavy atom. The highest BCUT2D eigenvalue weighted by Gasteiger charge is 2.64. The predicted molar refractivity (Wildman–Crippen MR) is 36.5 cm³/mol. The van der Waals surface area contributed by atoms with Crippen LogP contribution in [0.4, 0.5) is 13.2 Å². The van der Waals surface area contributed by atoms with E-state index >= 15 is 0 Å². The summed E-state index contributed by atoms with van der Waals surface area (Å²) in [6.45, 7) is 0. The molecule has 3 atom stereocenters. The molecular weight excluding hydrogens is 169 g/mol. The third-order valence-corrected chi connectivity index (χ3v) is 3.31. The summed E-state index contributed by atoms with van der Waals surface area (Å²) >= 11 is 0. The van der Waals surface area contributed by atoms with Gasteiger partial charge in [-0.3, -0.25) is 0 Å². The molecule has 2 aliphatic carbocycles. The lowest BCUT2D eigenvalue weighted by atomic mass is 9.84. The molecule has 12 heavy (non-hydrogen) atoms. The molecule has 2 rings (SSSR count). The minimum atomic E-state index is -4.42. The predicted octanol–water partition coefficient (Wildman–Crippen LogP) is 2.10. The standard InChI is InChI=1S/C8H11F3O/c9-8(10,11)7(12)4-5-1-2-6(7)3-5/h5-6,12H,1-4H2/t5-,6?,7?/m0/s1. The van der Waals surface area contributed by atoms with Gasteiger partial charge in [0.1, 0.15) is 0 Å². The van der Waals surface area contributed by atoms with Crippen molar-refractivity contribution in [1.82, 2.24) is 0 Å². The zero-order valence-electron chi connectivity index (χ0n) is 6.56. The second kappa shape index (κ2) is 2.16. The zero-order chi connectivity index (χ0) is 8.98. The average molecular weight is 180 g/mol. The van der Waals surface area contributed by atoms with Crippen molar-refractivity contribution in [3.8, 4) is 0 Å². The van der Waals surface area contributed by atoms with Crippen LogP contribution in [0.2, 0.25) is 0 Å². The van der Waals surface area contributed by atoms with Gasteiger partial charge in [0.25, 0.3) is 0 Å². The summed E-state index contributed by atoms with van der Waals surface area (Å²) in [6.07, 6.45) is -2.52. The quantitative estimate of drug-likeness (QED) is 0.605. The van der Waals surface area contributed by atoms with Gasteiger partial charge in [-0.1, -0.05) is 0 Å². The molecule has 0 radical (unpaired) electrons. The van der Waals surface area contributed by atoms with Gasteiger partial charge < -0.3 is 5.11 Å². The van der Waals surface area contributed by atoms with Gasteiger partial charge in [-0.15, -0.1) is 0 Å². The third-order valence-electron chi connectivity index (χ3n) is 3.31. The normalized spacial score (nSPS) is 47.0. The molecule has 0 aromatic carbocycles. The smallest absolute Gasteiger partial charge is 0.380 e. The van der Waals surface area contributed by atoms with Crippen LogP contribution in [0.1, 0.15) is 25.7 Å². The zero-order valence-corrected chi connectivity index (χ0v) is 6.56. The maximum atomic E-state index is 12.4. The maximum Gasteiger partial charge on any atom is 0.417 e. The molecule has 70 valence electrons. The number of fused-ring (bicyclic) bond motifs is 2. The van der Waals surface area contributed by atoms with Crippen LogP contribution in [-0.4, -0.2) is 16.9 Å². The number of aliphatic hydroxyl groups is 1. The molecule has 2 saturated carbocycles. The number of halogens is 3. The molecule has 2 unspecified atom stereocenters. The lowest BCUT2D eigenvalue weighted by Crippen LogP contribution is -2.49. The summed E-state index contributed by atoms with van der Waals surface area (Å²) < 4.78 is 37.1. The Morgan fingerprint density at radius 1 is 1.25 bits per heavy atom. The first-order valence-corrected chi connectivity index (χ1v) is 4.22. The van der Waals surface area contributed by atoms with Crippen LogP contribution in [0.5, 0.6) is 0 Å². The molecule has 0 amide bonds. The Balaban J connectivity index is 2.23. The van der Waals surface area contributed by atoms with Crippen molar-refractivity contribution in [2.75, 3.05) is 0 Å². The van der Waals surface area contributed by atoms with E-state index in [9.17, 15) is 18.3 Å². The number of rotatable bonds is 0. The Bertz CT molecular complexity index is 201. The van der Waals surface area contributed by atoms with Gasteiger partial charge in [-0.25, -0.2) is 0 Å². The molecule has 0 aromatic rings. The van der Waals surface area contributed by atoms with E-state index < -0.39 is 17.7 Å². The van der Waals surface area contributed by atoms with Gasteiger partial charge in [0, 0.05) is 0 Å².